The van der Waals surface area contributed by atoms with Crippen molar-refractivity contribution in [2.75, 3.05) is 0 Å². The van der Waals surface area contributed by atoms with Crippen molar-refractivity contribution in [3.8, 4) is 5.75 Å². The first-order valence-corrected chi connectivity index (χ1v) is 9.89. The maximum absolute atomic E-state index is 11.0. The Bertz CT molecular complexity index is 1050. The molecule has 0 aliphatic rings. The Hall–Kier alpha value is -2.61. The zero-order valence-electron chi connectivity index (χ0n) is 18.1. The van der Waals surface area contributed by atoms with Gasteiger partial charge >= 0.3 is 0 Å². The number of hydrogen-bond donors (Lipinski definition) is 1. The molecule has 0 heterocycles. The molecule has 0 spiro atoms. The summed E-state index contributed by atoms with van der Waals surface area (Å²) >= 11 is 0. The predicted molar refractivity (Wildman–Crippen MR) is 121 cm³/mol. The van der Waals surface area contributed by atoms with E-state index in [0.717, 1.165) is 27.8 Å². The van der Waals surface area contributed by atoms with Crippen LogP contribution in [0.2, 0.25) is 0 Å². The molecule has 2 nitrogen and oxygen atoms in total. The number of fused-ring (bicyclic) bond motifs is 1. The van der Waals surface area contributed by atoms with Crippen LogP contribution < -0.4 is 0 Å². The molecule has 0 saturated heterocycles. The third-order valence-electron chi connectivity index (χ3n) is 5.25. The highest BCUT2D eigenvalue weighted by Gasteiger charge is 2.24. The normalized spacial score (nSPS) is 12.8. The van der Waals surface area contributed by atoms with Crippen LogP contribution in [-0.2, 0) is 10.8 Å². The molecule has 0 aliphatic carbocycles. The summed E-state index contributed by atoms with van der Waals surface area (Å²) in [5.41, 5.74) is 4.84. The van der Waals surface area contributed by atoms with Crippen molar-refractivity contribution in [1.29, 1.82) is 0 Å². The van der Waals surface area contributed by atoms with E-state index in [1.807, 2.05) is 18.3 Å². The molecule has 0 aliphatic heterocycles. The van der Waals surface area contributed by atoms with E-state index in [9.17, 15) is 5.11 Å². The number of aliphatic imine (C=N–C) groups is 1. The largest absolute Gasteiger partial charge is 0.507 e. The highest BCUT2D eigenvalue weighted by atomic mass is 16.3. The molecule has 0 aromatic heterocycles. The minimum atomic E-state index is -0.150. The van der Waals surface area contributed by atoms with Gasteiger partial charge in [-0.25, -0.2) is 0 Å². The van der Waals surface area contributed by atoms with E-state index in [4.69, 9.17) is 4.99 Å². The molecule has 0 saturated carbocycles. The monoisotopic (exact) mass is 373 g/mol. The average molecular weight is 374 g/mol. The van der Waals surface area contributed by atoms with Gasteiger partial charge in [0, 0.05) is 22.7 Å². The Kier molecular flexibility index (Phi) is 5.10. The standard InChI is InChI=1S/C26H31NO/c1-17-12-13-18-10-8-9-11-21(18)23(17)27-16-19-14-20(25(2,3)4)15-22(24(19)28)26(5,6)7/h8-16,28H,1-7H3. The van der Waals surface area contributed by atoms with Crippen LogP contribution in [0.5, 0.6) is 5.75 Å². The van der Waals surface area contributed by atoms with Gasteiger partial charge in [0.05, 0.1) is 5.69 Å². The van der Waals surface area contributed by atoms with Gasteiger partial charge in [-0.15, -0.1) is 0 Å². The molecule has 0 atom stereocenters. The van der Waals surface area contributed by atoms with Gasteiger partial charge in [-0.1, -0.05) is 84.0 Å². The van der Waals surface area contributed by atoms with Crippen LogP contribution in [0, 0.1) is 6.92 Å². The van der Waals surface area contributed by atoms with Gasteiger partial charge in [-0.3, -0.25) is 4.99 Å². The maximum atomic E-state index is 11.0. The minimum Gasteiger partial charge on any atom is -0.507 e. The van der Waals surface area contributed by atoms with Crippen LogP contribution in [0.15, 0.2) is 53.5 Å². The summed E-state index contributed by atoms with van der Waals surface area (Å²) in [6, 6.07) is 16.7. The maximum Gasteiger partial charge on any atom is 0.128 e. The summed E-state index contributed by atoms with van der Waals surface area (Å²) in [6.07, 6.45) is 1.81. The molecule has 3 aromatic rings. The lowest BCUT2D eigenvalue weighted by Gasteiger charge is -2.27. The minimum absolute atomic E-state index is 0.00828. The summed E-state index contributed by atoms with van der Waals surface area (Å²) < 4.78 is 0. The number of aromatic hydroxyl groups is 1. The molecule has 0 fully saturated rings. The van der Waals surface area contributed by atoms with Gasteiger partial charge in [-0.2, -0.15) is 0 Å². The van der Waals surface area contributed by atoms with E-state index < -0.39 is 0 Å². The fourth-order valence-corrected chi connectivity index (χ4v) is 3.43. The number of phenols is 1. The third-order valence-corrected chi connectivity index (χ3v) is 5.25. The van der Waals surface area contributed by atoms with Crippen molar-refractivity contribution in [2.24, 2.45) is 4.99 Å². The van der Waals surface area contributed by atoms with Crippen LogP contribution in [0.4, 0.5) is 5.69 Å². The lowest BCUT2D eigenvalue weighted by molar-refractivity contribution is 0.444. The molecule has 2 heteroatoms. The van der Waals surface area contributed by atoms with Crippen molar-refractivity contribution in [3.63, 3.8) is 0 Å². The molecule has 0 unspecified atom stereocenters. The van der Waals surface area contributed by atoms with Crippen LogP contribution >= 0.6 is 0 Å². The predicted octanol–water partition coefficient (Wildman–Crippen LogP) is 7.20. The van der Waals surface area contributed by atoms with Crippen molar-refractivity contribution < 1.29 is 5.11 Å². The fraction of sp³-hybridized carbons (Fsp3) is 0.346. The van der Waals surface area contributed by atoms with E-state index in [1.165, 1.54) is 10.9 Å². The summed E-state index contributed by atoms with van der Waals surface area (Å²) in [7, 11) is 0. The second-order valence-corrected chi connectivity index (χ2v) is 9.67. The summed E-state index contributed by atoms with van der Waals surface area (Å²) in [5, 5.41) is 13.3. The second-order valence-electron chi connectivity index (χ2n) is 9.67. The van der Waals surface area contributed by atoms with Gasteiger partial charge in [0.2, 0.25) is 0 Å². The SMILES string of the molecule is Cc1ccc2ccccc2c1N=Cc1cc(C(C)(C)C)cc(C(C)(C)C)c1O. The molecule has 0 radical (unpaired) electrons. The first kappa shape index (κ1) is 20.1. The highest BCUT2D eigenvalue weighted by molar-refractivity contribution is 5.97. The van der Waals surface area contributed by atoms with Crippen molar-refractivity contribution in [1.82, 2.24) is 0 Å². The van der Waals surface area contributed by atoms with E-state index in [2.05, 4.69) is 84.9 Å². The number of aryl methyl sites for hydroxylation is 1. The highest BCUT2D eigenvalue weighted by Crippen LogP contribution is 2.37. The van der Waals surface area contributed by atoms with Crippen molar-refractivity contribution in [2.45, 2.75) is 59.3 Å². The molecule has 146 valence electrons. The first-order chi connectivity index (χ1) is 13.0. The van der Waals surface area contributed by atoms with E-state index in [1.54, 1.807) is 0 Å². The Morgan fingerprint density at radius 1 is 0.857 bits per heavy atom. The van der Waals surface area contributed by atoms with Crippen LogP contribution in [-0.4, -0.2) is 11.3 Å². The molecule has 0 bridgehead atoms. The lowest BCUT2D eigenvalue weighted by Crippen LogP contribution is -2.17. The fourth-order valence-electron chi connectivity index (χ4n) is 3.43. The molecular weight excluding hydrogens is 342 g/mol. The topological polar surface area (TPSA) is 32.6 Å². The number of rotatable bonds is 2. The summed E-state index contributed by atoms with van der Waals surface area (Å²) in [6.45, 7) is 15.1. The smallest absolute Gasteiger partial charge is 0.128 e. The van der Waals surface area contributed by atoms with Crippen LogP contribution in [0.3, 0.4) is 0 Å². The Morgan fingerprint density at radius 2 is 1.54 bits per heavy atom. The average Bonchev–Trinajstić information content (AvgIpc) is 2.60. The number of nitrogens with zero attached hydrogens (tertiary/aromatic N) is 1. The van der Waals surface area contributed by atoms with Crippen molar-refractivity contribution in [3.05, 3.63) is 70.8 Å². The van der Waals surface area contributed by atoms with Gasteiger partial charge < -0.3 is 5.11 Å². The zero-order valence-corrected chi connectivity index (χ0v) is 18.1. The Morgan fingerprint density at radius 3 is 2.18 bits per heavy atom. The molecule has 1 N–H and O–H groups in total. The first-order valence-electron chi connectivity index (χ1n) is 9.89. The molecular formula is C26H31NO. The number of phenolic OH excluding ortho intramolecular Hbond substituents is 1. The summed E-state index contributed by atoms with van der Waals surface area (Å²) in [4.78, 5) is 4.83. The van der Waals surface area contributed by atoms with Gasteiger partial charge in [0.1, 0.15) is 5.75 Å². The Labute approximate surface area is 169 Å². The molecule has 0 amide bonds. The van der Waals surface area contributed by atoms with Gasteiger partial charge in [-0.05, 0) is 40.3 Å². The summed E-state index contributed by atoms with van der Waals surface area (Å²) in [5.74, 6) is 0.321. The molecule has 3 rings (SSSR count). The molecule has 3 aromatic carbocycles. The molecule has 28 heavy (non-hydrogen) atoms. The van der Waals surface area contributed by atoms with E-state index in [-0.39, 0.29) is 10.8 Å². The zero-order chi connectivity index (χ0) is 20.7. The van der Waals surface area contributed by atoms with Gasteiger partial charge in [0.25, 0.3) is 0 Å². The van der Waals surface area contributed by atoms with E-state index in [0.29, 0.717) is 5.75 Å². The van der Waals surface area contributed by atoms with Gasteiger partial charge in [0.15, 0.2) is 0 Å². The number of benzene rings is 3. The van der Waals surface area contributed by atoms with Crippen molar-refractivity contribution >= 4 is 22.7 Å². The lowest BCUT2D eigenvalue weighted by atomic mass is 9.79. The second kappa shape index (κ2) is 7.09. The van der Waals surface area contributed by atoms with E-state index >= 15 is 0 Å². The van der Waals surface area contributed by atoms with Crippen LogP contribution in [0.25, 0.3) is 10.8 Å². The third kappa shape index (κ3) is 3.96. The number of hydrogen-bond acceptors (Lipinski definition) is 2. The van der Waals surface area contributed by atoms with Crippen LogP contribution in [0.1, 0.15) is 63.8 Å². The Balaban J connectivity index is 2.19. The quantitative estimate of drug-likeness (QED) is 0.473.